The SMILES string of the molecule is COCCOc1ccc(S(=O)(=O)NCCCCO)cc1. The van der Waals surface area contributed by atoms with Crippen LogP contribution in [0, 0.1) is 0 Å². The van der Waals surface area contributed by atoms with Gasteiger partial charge in [0.2, 0.25) is 10.0 Å². The number of hydrogen-bond donors (Lipinski definition) is 2. The third-order valence-corrected chi connectivity index (χ3v) is 4.04. The number of sulfonamides is 1. The number of aliphatic hydroxyl groups excluding tert-OH is 1. The summed E-state index contributed by atoms with van der Waals surface area (Å²) in [5.74, 6) is 0.598. The molecule has 1 rings (SSSR count). The van der Waals surface area contributed by atoms with E-state index in [9.17, 15) is 8.42 Å². The van der Waals surface area contributed by atoms with Crippen LogP contribution in [0.5, 0.6) is 5.75 Å². The van der Waals surface area contributed by atoms with Crippen molar-refractivity contribution < 1.29 is 23.0 Å². The zero-order valence-electron chi connectivity index (χ0n) is 11.5. The summed E-state index contributed by atoms with van der Waals surface area (Å²) in [7, 11) is -1.91. The van der Waals surface area contributed by atoms with Gasteiger partial charge < -0.3 is 14.6 Å². The monoisotopic (exact) mass is 303 g/mol. The molecule has 0 radical (unpaired) electrons. The fourth-order valence-corrected chi connectivity index (χ4v) is 2.56. The Morgan fingerprint density at radius 1 is 1.15 bits per heavy atom. The molecule has 0 unspecified atom stereocenters. The quantitative estimate of drug-likeness (QED) is 0.623. The molecule has 0 saturated heterocycles. The number of methoxy groups -OCH3 is 1. The van der Waals surface area contributed by atoms with E-state index in [1.54, 1.807) is 19.2 Å². The summed E-state index contributed by atoms with van der Waals surface area (Å²) in [5, 5.41) is 8.63. The van der Waals surface area contributed by atoms with Crippen LogP contribution >= 0.6 is 0 Å². The molecule has 0 aliphatic rings. The van der Waals surface area contributed by atoms with Crippen molar-refractivity contribution in [2.24, 2.45) is 0 Å². The minimum absolute atomic E-state index is 0.0647. The lowest BCUT2D eigenvalue weighted by molar-refractivity contribution is 0.146. The molecule has 1 aromatic rings. The third kappa shape index (κ3) is 5.87. The molecule has 0 aliphatic heterocycles. The predicted octanol–water partition coefficient (Wildman–Crippen LogP) is 0.763. The first-order chi connectivity index (χ1) is 9.60. The molecule has 0 bridgehead atoms. The molecule has 0 aromatic heterocycles. The normalized spacial score (nSPS) is 11.5. The molecule has 0 aliphatic carbocycles. The van der Waals surface area contributed by atoms with Crippen LogP contribution in [0.1, 0.15) is 12.8 Å². The molecule has 0 atom stereocenters. The Morgan fingerprint density at radius 3 is 2.45 bits per heavy atom. The van der Waals surface area contributed by atoms with E-state index in [1.165, 1.54) is 12.1 Å². The average Bonchev–Trinajstić information content (AvgIpc) is 2.45. The topological polar surface area (TPSA) is 84.9 Å². The molecule has 2 N–H and O–H groups in total. The van der Waals surface area contributed by atoms with Crippen molar-refractivity contribution in [3.8, 4) is 5.75 Å². The van der Waals surface area contributed by atoms with Crippen LogP contribution in [-0.2, 0) is 14.8 Å². The zero-order valence-corrected chi connectivity index (χ0v) is 12.4. The van der Waals surface area contributed by atoms with Gasteiger partial charge in [-0.15, -0.1) is 0 Å². The second-order valence-corrected chi connectivity index (χ2v) is 5.91. The Morgan fingerprint density at radius 2 is 1.85 bits per heavy atom. The highest BCUT2D eigenvalue weighted by Gasteiger charge is 2.12. The minimum atomic E-state index is -3.49. The fourth-order valence-electron chi connectivity index (χ4n) is 1.48. The maximum atomic E-state index is 11.9. The van der Waals surface area contributed by atoms with E-state index < -0.39 is 10.0 Å². The second kappa shape index (κ2) is 8.91. The van der Waals surface area contributed by atoms with Crippen molar-refractivity contribution in [2.75, 3.05) is 33.5 Å². The van der Waals surface area contributed by atoms with Crippen LogP contribution in [0.4, 0.5) is 0 Å². The zero-order chi connectivity index (χ0) is 14.8. The van der Waals surface area contributed by atoms with Gasteiger partial charge in [0.1, 0.15) is 12.4 Å². The molecular formula is C13H21NO5S. The van der Waals surface area contributed by atoms with Crippen molar-refractivity contribution >= 4 is 10.0 Å². The average molecular weight is 303 g/mol. The van der Waals surface area contributed by atoms with Gasteiger partial charge in [0.15, 0.2) is 0 Å². The van der Waals surface area contributed by atoms with Gasteiger partial charge in [0.05, 0.1) is 11.5 Å². The maximum absolute atomic E-state index is 11.9. The smallest absolute Gasteiger partial charge is 0.240 e. The van der Waals surface area contributed by atoms with E-state index in [0.29, 0.717) is 38.3 Å². The van der Waals surface area contributed by atoms with E-state index in [0.717, 1.165) is 0 Å². The number of aliphatic hydroxyl groups is 1. The molecular weight excluding hydrogens is 282 g/mol. The van der Waals surface area contributed by atoms with Crippen LogP contribution < -0.4 is 9.46 Å². The number of benzene rings is 1. The summed E-state index contributed by atoms with van der Waals surface area (Å²) in [6, 6.07) is 6.21. The van der Waals surface area contributed by atoms with E-state index in [-0.39, 0.29) is 11.5 Å². The van der Waals surface area contributed by atoms with Gasteiger partial charge in [-0.2, -0.15) is 0 Å². The van der Waals surface area contributed by atoms with Crippen LogP contribution in [0.15, 0.2) is 29.2 Å². The molecule has 0 spiro atoms. The Balaban J connectivity index is 2.53. The van der Waals surface area contributed by atoms with E-state index in [4.69, 9.17) is 14.6 Å². The standard InChI is InChI=1S/C13H21NO5S/c1-18-10-11-19-12-4-6-13(7-5-12)20(16,17)14-8-2-3-9-15/h4-7,14-15H,2-3,8-11H2,1H3. The number of unbranched alkanes of at least 4 members (excludes halogenated alkanes) is 1. The summed E-state index contributed by atoms with van der Waals surface area (Å²) in [6.45, 7) is 1.28. The van der Waals surface area contributed by atoms with Crippen LogP contribution in [0.3, 0.4) is 0 Å². The van der Waals surface area contributed by atoms with Crippen LogP contribution in [0.2, 0.25) is 0 Å². The van der Waals surface area contributed by atoms with Crippen molar-refractivity contribution in [3.05, 3.63) is 24.3 Å². The van der Waals surface area contributed by atoms with E-state index >= 15 is 0 Å². The number of ether oxygens (including phenoxy) is 2. The molecule has 0 amide bonds. The third-order valence-electron chi connectivity index (χ3n) is 2.57. The van der Waals surface area contributed by atoms with Gasteiger partial charge >= 0.3 is 0 Å². The molecule has 114 valence electrons. The summed E-state index contributed by atoms with van der Waals surface area (Å²) in [4.78, 5) is 0.195. The number of rotatable bonds is 10. The van der Waals surface area contributed by atoms with Crippen molar-refractivity contribution in [1.29, 1.82) is 0 Å². The molecule has 0 fully saturated rings. The summed E-state index contributed by atoms with van der Waals surface area (Å²) >= 11 is 0. The minimum Gasteiger partial charge on any atom is -0.491 e. The predicted molar refractivity (Wildman–Crippen MR) is 75.3 cm³/mol. The Bertz CT molecular complexity index is 472. The molecule has 0 heterocycles. The van der Waals surface area contributed by atoms with Gasteiger partial charge in [-0.05, 0) is 37.1 Å². The van der Waals surface area contributed by atoms with Gasteiger partial charge in [-0.3, -0.25) is 0 Å². The summed E-state index contributed by atoms with van der Waals surface area (Å²) in [6.07, 6.45) is 1.18. The lowest BCUT2D eigenvalue weighted by atomic mass is 10.3. The van der Waals surface area contributed by atoms with Crippen LogP contribution in [-0.4, -0.2) is 47.0 Å². The molecule has 20 heavy (non-hydrogen) atoms. The molecule has 6 nitrogen and oxygen atoms in total. The molecule has 7 heteroatoms. The van der Waals surface area contributed by atoms with Gasteiger partial charge in [0.25, 0.3) is 0 Å². The number of nitrogens with one attached hydrogen (secondary N) is 1. The largest absolute Gasteiger partial charge is 0.491 e. The first-order valence-electron chi connectivity index (χ1n) is 6.42. The second-order valence-electron chi connectivity index (χ2n) is 4.14. The lowest BCUT2D eigenvalue weighted by Crippen LogP contribution is -2.24. The van der Waals surface area contributed by atoms with E-state index in [2.05, 4.69) is 4.72 Å². The first kappa shape index (κ1) is 16.9. The van der Waals surface area contributed by atoms with Gasteiger partial charge in [0, 0.05) is 20.3 Å². The van der Waals surface area contributed by atoms with Crippen molar-refractivity contribution in [2.45, 2.75) is 17.7 Å². The summed E-state index contributed by atoms with van der Waals surface area (Å²) in [5.41, 5.74) is 0. The van der Waals surface area contributed by atoms with Crippen molar-refractivity contribution in [1.82, 2.24) is 4.72 Å². The molecule has 1 aromatic carbocycles. The van der Waals surface area contributed by atoms with Crippen molar-refractivity contribution in [3.63, 3.8) is 0 Å². The fraction of sp³-hybridized carbons (Fsp3) is 0.538. The maximum Gasteiger partial charge on any atom is 0.240 e. The Hall–Kier alpha value is -1.15. The Labute approximate surface area is 119 Å². The number of hydrogen-bond acceptors (Lipinski definition) is 5. The Kier molecular flexibility index (Phi) is 7.53. The molecule has 0 saturated carbocycles. The lowest BCUT2D eigenvalue weighted by Gasteiger charge is -2.08. The van der Waals surface area contributed by atoms with E-state index in [1.807, 2.05) is 0 Å². The van der Waals surface area contributed by atoms with Crippen LogP contribution in [0.25, 0.3) is 0 Å². The highest BCUT2D eigenvalue weighted by atomic mass is 32.2. The first-order valence-corrected chi connectivity index (χ1v) is 7.91. The summed E-state index contributed by atoms with van der Waals surface area (Å²) < 4.78 is 36.6. The van der Waals surface area contributed by atoms with Gasteiger partial charge in [-0.25, -0.2) is 13.1 Å². The highest BCUT2D eigenvalue weighted by Crippen LogP contribution is 2.15. The highest BCUT2D eigenvalue weighted by molar-refractivity contribution is 7.89. The van der Waals surface area contributed by atoms with Gasteiger partial charge in [-0.1, -0.05) is 0 Å².